The molecule has 3 amide bonds. The van der Waals surface area contributed by atoms with E-state index in [9.17, 15) is 14.4 Å². The number of benzene rings is 1. The van der Waals surface area contributed by atoms with Crippen molar-refractivity contribution in [2.75, 3.05) is 45.8 Å². The number of amides is 3. The highest BCUT2D eigenvalue weighted by Gasteiger charge is 2.22. The predicted molar refractivity (Wildman–Crippen MR) is 108 cm³/mol. The number of hydrogen-bond acceptors (Lipinski definition) is 5. The Morgan fingerprint density at radius 3 is 2.36 bits per heavy atom. The van der Waals surface area contributed by atoms with Gasteiger partial charge in [-0.25, -0.2) is 0 Å². The molecule has 1 aromatic carbocycles. The molecule has 2 N–H and O–H groups in total. The van der Waals surface area contributed by atoms with E-state index in [0.717, 1.165) is 24.5 Å². The second kappa shape index (κ2) is 10.0. The Hall–Kier alpha value is -2.71. The van der Waals surface area contributed by atoms with Crippen LogP contribution in [0.3, 0.4) is 0 Å². The van der Waals surface area contributed by atoms with E-state index in [1.54, 1.807) is 24.3 Å². The summed E-state index contributed by atoms with van der Waals surface area (Å²) in [6.45, 7) is 4.15. The summed E-state index contributed by atoms with van der Waals surface area (Å²) in [5.41, 5.74) is 0.533. The monoisotopic (exact) mass is 400 g/mol. The Labute approximate surface area is 168 Å². The first-order valence-corrected chi connectivity index (χ1v) is 10.2. The lowest BCUT2D eigenvalue weighted by molar-refractivity contribution is -0.120. The number of thiophene rings is 1. The molecule has 3 rings (SSSR count). The number of piperazine rings is 1. The summed E-state index contributed by atoms with van der Waals surface area (Å²) in [7, 11) is 0. The Morgan fingerprint density at radius 1 is 0.929 bits per heavy atom. The molecule has 1 fully saturated rings. The summed E-state index contributed by atoms with van der Waals surface area (Å²) in [6.07, 6.45) is 0. The molecule has 2 heterocycles. The van der Waals surface area contributed by atoms with Crippen molar-refractivity contribution in [1.29, 1.82) is 0 Å². The number of nitrogens with zero attached hydrogens (tertiary/aromatic N) is 2. The molecule has 1 aliphatic rings. The molecule has 2 aromatic rings. The molecule has 1 aliphatic heterocycles. The Kier molecular flexibility index (Phi) is 7.16. The van der Waals surface area contributed by atoms with Gasteiger partial charge in [-0.15, -0.1) is 11.3 Å². The van der Waals surface area contributed by atoms with E-state index in [2.05, 4.69) is 15.5 Å². The van der Waals surface area contributed by atoms with Crippen molar-refractivity contribution in [2.24, 2.45) is 0 Å². The van der Waals surface area contributed by atoms with Gasteiger partial charge in [0.1, 0.15) is 0 Å². The molecule has 28 heavy (non-hydrogen) atoms. The summed E-state index contributed by atoms with van der Waals surface area (Å²) in [5.74, 6) is -0.379. The average Bonchev–Trinajstić information content (AvgIpc) is 3.27. The lowest BCUT2D eigenvalue weighted by atomic mass is 10.2. The second-order valence-corrected chi connectivity index (χ2v) is 7.46. The number of carbonyl (C=O) groups excluding carboxylic acids is 3. The molecule has 0 bridgehead atoms. The molecule has 1 saturated heterocycles. The molecule has 0 saturated carbocycles. The average molecular weight is 401 g/mol. The van der Waals surface area contributed by atoms with Crippen LogP contribution in [0.1, 0.15) is 20.0 Å². The molecule has 8 heteroatoms. The van der Waals surface area contributed by atoms with Gasteiger partial charge in [-0.3, -0.25) is 19.3 Å². The summed E-state index contributed by atoms with van der Waals surface area (Å²) >= 11 is 1.47. The Morgan fingerprint density at radius 2 is 1.68 bits per heavy atom. The minimum atomic E-state index is -0.262. The van der Waals surface area contributed by atoms with E-state index < -0.39 is 0 Å². The van der Waals surface area contributed by atoms with Gasteiger partial charge < -0.3 is 15.5 Å². The highest BCUT2D eigenvalue weighted by atomic mass is 32.1. The van der Waals surface area contributed by atoms with Gasteiger partial charge >= 0.3 is 0 Å². The minimum absolute atomic E-state index is 0.0448. The van der Waals surface area contributed by atoms with Gasteiger partial charge in [0, 0.05) is 44.8 Å². The zero-order valence-corrected chi connectivity index (χ0v) is 16.4. The van der Waals surface area contributed by atoms with Crippen LogP contribution in [0.25, 0.3) is 0 Å². The number of nitrogens with one attached hydrogen (secondary N) is 2. The Balaban J connectivity index is 1.30. The van der Waals surface area contributed by atoms with E-state index in [-0.39, 0.29) is 24.3 Å². The van der Waals surface area contributed by atoms with Crippen LogP contribution in [-0.2, 0) is 4.79 Å². The summed E-state index contributed by atoms with van der Waals surface area (Å²) in [5, 5.41) is 7.34. The SMILES string of the molecule is O=C(CNC(=O)c1ccccc1)NCCN1CCN(C(=O)c2cccs2)CC1. The van der Waals surface area contributed by atoms with Crippen molar-refractivity contribution in [1.82, 2.24) is 20.4 Å². The maximum Gasteiger partial charge on any atom is 0.264 e. The van der Waals surface area contributed by atoms with E-state index in [1.165, 1.54) is 11.3 Å². The topological polar surface area (TPSA) is 81.8 Å². The standard InChI is InChI=1S/C20H24N4O3S/c25-18(15-22-19(26)16-5-2-1-3-6-16)21-8-9-23-10-12-24(13-11-23)20(27)17-7-4-14-28-17/h1-7,14H,8-13,15H2,(H,21,25)(H,22,26). The first-order valence-electron chi connectivity index (χ1n) is 9.28. The third-order valence-corrected chi connectivity index (χ3v) is 5.44. The van der Waals surface area contributed by atoms with Crippen molar-refractivity contribution in [3.05, 3.63) is 58.3 Å². The van der Waals surface area contributed by atoms with Crippen LogP contribution in [-0.4, -0.2) is 73.3 Å². The maximum absolute atomic E-state index is 12.3. The number of hydrogen-bond donors (Lipinski definition) is 2. The molecule has 7 nitrogen and oxygen atoms in total. The molecule has 0 aliphatic carbocycles. The van der Waals surface area contributed by atoms with Crippen molar-refractivity contribution >= 4 is 29.1 Å². The van der Waals surface area contributed by atoms with Gasteiger partial charge in [0.25, 0.3) is 11.8 Å². The van der Waals surface area contributed by atoms with E-state index in [4.69, 9.17) is 0 Å². The highest BCUT2D eigenvalue weighted by molar-refractivity contribution is 7.12. The predicted octanol–water partition coefficient (Wildman–Crippen LogP) is 1.05. The van der Waals surface area contributed by atoms with Gasteiger partial charge in [0.2, 0.25) is 5.91 Å². The van der Waals surface area contributed by atoms with Gasteiger partial charge in [-0.05, 0) is 23.6 Å². The van der Waals surface area contributed by atoms with Crippen molar-refractivity contribution in [3.8, 4) is 0 Å². The van der Waals surface area contributed by atoms with E-state index >= 15 is 0 Å². The van der Waals surface area contributed by atoms with Gasteiger partial charge in [-0.2, -0.15) is 0 Å². The van der Waals surface area contributed by atoms with Crippen LogP contribution >= 0.6 is 11.3 Å². The van der Waals surface area contributed by atoms with Crippen LogP contribution in [0.2, 0.25) is 0 Å². The van der Waals surface area contributed by atoms with Crippen molar-refractivity contribution in [2.45, 2.75) is 0 Å². The van der Waals surface area contributed by atoms with Gasteiger partial charge in [0.15, 0.2) is 0 Å². The first-order chi connectivity index (χ1) is 13.6. The van der Waals surface area contributed by atoms with Crippen molar-refractivity contribution < 1.29 is 14.4 Å². The van der Waals surface area contributed by atoms with E-state index in [0.29, 0.717) is 25.2 Å². The van der Waals surface area contributed by atoms with Gasteiger partial charge in [-0.1, -0.05) is 24.3 Å². The smallest absolute Gasteiger partial charge is 0.264 e. The van der Waals surface area contributed by atoms with E-state index in [1.807, 2.05) is 28.5 Å². The fraction of sp³-hybridized carbons (Fsp3) is 0.350. The molecule has 0 unspecified atom stereocenters. The normalized spacial score (nSPS) is 14.5. The van der Waals surface area contributed by atoms with Crippen LogP contribution in [0.4, 0.5) is 0 Å². The molecule has 148 valence electrons. The third-order valence-electron chi connectivity index (χ3n) is 4.59. The molecule has 0 spiro atoms. The molecule has 0 radical (unpaired) electrons. The molecule has 0 atom stereocenters. The van der Waals surface area contributed by atoms with Crippen LogP contribution in [0.5, 0.6) is 0 Å². The van der Waals surface area contributed by atoms with Gasteiger partial charge in [0.05, 0.1) is 11.4 Å². The Bertz CT molecular complexity index is 787. The minimum Gasteiger partial charge on any atom is -0.353 e. The molecular formula is C20H24N4O3S. The summed E-state index contributed by atoms with van der Waals surface area (Å²) in [4.78, 5) is 41.0. The number of carbonyl (C=O) groups is 3. The van der Waals surface area contributed by atoms with Crippen molar-refractivity contribution in [3.63, 3.8) is 0 Å². The molecular weight excluding hydrogens is 376 g/mol. The maximum atomic E-state index is 12.3. The lowest BCUT2D eigenvalue weighted by Crippen LogP contribution is -2.50. The first kappa shape index (κ1) is 20.0. The fourth-order valence-corrected chi connectivity index (χ4v) is 3.69. The van der Waals surface area contributed by atoms with Crippen LogP contribution < -0.4 is 10.6 Å². The van der Waals surface area contributed by atoms with Crippen LogP contribution in [0, 0.1) is 0 Å². The summed E-state index contributed by atoms with van der Waals surface area (Å²) in [6, 6.07) is 12.5. The van der Waals surface area contributed by atoms with Crippen LogP contribution in [0.15, 0.2) is 47.8 Å². The molecule has 1 aromatic heterocycles. The number of rotatable bonds is 7. The highest BCUT2D eigenvalue weighted by Crippen LogP contribution is 2.13. The zero-order valence-electron chi connectivity index (χ0n) is 15.6. The zero-order chi connectivity index (χ0) is 19.8. The fourth-order valence-electron chi connectivity index (χ4n) is 3.00. The second-order valence-electron chi connectivity index (χ2n) is 6.51. The quantitative estimate of drug-likeness (QED) is 0.728. The third kappa shape index (κ3) is 5.64. The lowest BCUT2D eigenvalue weighted by Gasteiger charge is -2.34. The largest absolute Gasteiger partial charge is 0.353 e. The summed E-state index contributed by atoms with van der Waals surface area (Å²) < 4.78 is 0.